The SMILES string of the molecule is COc1cc(C)c(C)c2c1C(=O)NCC2. The van der Waals surface area contributed by atoms with E-state index in [0.29, 0.717) is 11.3 Å². The lowest BCUT2D eigenvalue weighted by Crippen LogP contribution is -2.33. The van der Waals surface area contributed by atoms with Crippen LogP contribution in [-0.4, -0.2) is 19.6 Å². The van der Waals surface area contributed by atoms with Crippen LogP contribution in [0.25, 0.3) is 0 Å². The highest BCUT2D eigenvalue weighted by Gasteiger charge is 2.23. The molecule has 15 heavy (non-hydrogen) atoms. The van der Waals surface area contributed by atoms with Crippen molar-refractivity contribution in [1.82, 2.24) is 5.32 Å². The molecular weight excluding hydrogens is 190 g/mol. The monoisotopic (exact) mass is 205 g/mol. The second kappa shape index (κ2) is 3.57. The molecule has 80 valence electrons. The fourth-order valence-corrected chi connectivity index (χ4v) is 2.06. The Kier molecular flexibility index (Phi) is 2.39. The quantitative estimate of drug-likeness (QED) is 0.756. The van der Waals surface area contributed by atoms with Crippen LogP contribution in [0.2, 0.25) is 0 Å². The molecule has 0 radical (unpaired) electrons. The standard InChI is InChI=1S/C12H15NO2/c1-7-6-10(15-3)11-9(8(7)2)4-5-13-12(11)14/h6H,4-5H2,1-3H3,(H,13,14). The minimum absolute atomic E-state index is 0.0174. The second-order valence-corrected chi connectivity index (χ2v) is 3.88. The van der Waals surface area contributed by atoms with Gasteiger partial charge in [0, 0.05) is 6.54 Å². The van der Waals surface area contributed by atoms with Crippen LogP contribution in [0.4, 0.5) is 0 Å². The summed E-state index contributed by atoms with van der Waals surface area (Å²) in [5.74, 6) is 0.668. The summed E-state index contributed by atoms with van der Waals surface area (Å²) in [4.78, 5) is 11.7. The molecule has 0 atom stereocenters. The Morgan fingerprint density at radius 3 is 2.80 bits per heavy atom. The van der Waals surface area contributed by atoms with E-state index in [0.717, 1.165) is 18.5 Å². The summed E-state index contributed by atoms with van der Waals surface area (Å²) in [6.07, 6.45) is 0.894. The van der Waals surface area contributed by atoms with Crippen LogP contribution in [0.3, 0.4) is 0 Å². The zero-order valence-electron chi connectivity index (χ0n) is 9.31. The number of fused-ring (bicyclic) bond motifs is 1. The molecule has 0 spiro atoms. The van der Waals surface area contributed by atoms with Gasteiger partial charge in [-0.3, -0.25) is 4.79 Å². The van der Waals surface area contributed by atoms with Crippen LogP contribution in [-0.2, 0) is 6.42 Å². The van der Waals surface area contributed by atoms with Crippen LogP contribution < -0.4 is 10.1 Å². The molecule has 1 amide bonds. The summed E-state index contributed by atoms with van der Waals surface area (Å²) in [5, 5.41) is 2.84. The third-order valence-corrected chi connectivity index (χ3v) is 3.05. The number of carbonyl (C=O) groups is 1. The van der Waals surface area contributed by atoms with E-state index in [-0.39, 0.29) is 5.91 Å². The molecular formula is C12H15NO2. The van der Waals surface area contributed by atoms with Gasteiger partial charge in [-0.2, -0.15) is 0 Å². The molecule has 3 nitrogen and oxygen atoms in total. The van der Waals surface area contributed by atoms with Crippen LogP contribution in [0.15, 0.2) is 6.07 Å². The Hall–Kier alpha value is -1.51. The van der Waals surface area contributed by atoms with E-state index in [2.05, 4.69) is 12.2 Å². The first-order valence-electron chi connectivity index (χ1n) is 5.10. The average molecular weight is 205 g/mol. The maximum Gasteiger partial charge on any atom is 0.255 e. The Bertz CT molecular complexity index is 424. The Balaban J connectivity index is 2.70. The molecule has 0 unspecified atom stereocenters. The van der Waals surface area contributed by atoms with Gasteiger partial charge in [-0.05, 0) is 43.0 Å². The number of nitrogens with one attached hydrogen (secondary N) is 1. The highest BCUT2D eigenvalue weighted by molar-refractivity contribution is 6.00. The average Bonchev–Trinajstić information content (AvgIpc) is 2.23. The van der Waals surface area contributed by atoms with E-state index in [1.807, 2.05) is 13.0 Å². The summed E-state index contributed by atoms with van der Waals surface area (Å²) < 4.78 is 5.26. The molecule has 0 aliphatic carbocycles. The van der Waals surface area contributed by atoms with Gasteiger partial charge in [-0.15, -0.1) is 0 Å². The molecule has 3 heteroatoms. The van der Waals surface area contributed by atoms with Crippen molar-refractivity contribution in [2.24, 2.45) is 0 Å². The third-order valence-electron chi connectivity index (χ3n) is 3.05. The smallest absolute Gasteiger partial charge is 0.255 e. The molecule has 1 aliphatic rings. The summed E-state index contributed by atoms with van der Waals surface area (Å²) in [6, 6.07) is 1.93. The van der Waals surface area contributed by atoms with E-state index < -0.39 is 0 Å². The van der Waals surface area contributed by atoms with Gasteiger partial charge in [-0.1, -0.05) is 0 Å². The first kappa shape index (κ1) is 10.0. The first-order valence-corrected chi connectivity index (χ1v) is 5.10. The van der Waals surface area contributed by atoms with Crippen molar-refractivity contribution >= 4 is 5.91 Å². The third kappa shape index (κ3) is 1.48. The Morgan fingerprint density at radius 2 is 2.13 bits per heavy atom. The van der Waals surface area contributed by atoms with E-state index in [1.54, 1.807) is 7.11 Å². The number of ether oxygens (including phenoxy) is 1. The van der Waals surface area contributed by atoms with Gasteiger partial charge in [-0.25, -0.2) is 0 Å². The molecule has 1 N–H and O–H groups in total. The van der Waals surface area contributed by atoms with Crippen LogP contribution in [0.5, 0.6) is 5.75 Å². The number of hydrogen-bond donors (Lipinski definition) is 1. The number of carbonyl (C=O) groups excluding carboxylic acids is 1. The lowest BCUT2D eigenvalue weighted by atomic mass is 9.91. The topological polar surface area (TPSA) is 38.3 Å². The van der Waals surface area contributed by atoms with Gasteiger partial charge >= 0.3 is 0 Å². The van der Waals surface area contributed by atoms with E-state index in [9.17, 15) is 4.79 Å². The highest BCUT2D eigenvalue weighted by atomic mass is 16.5. The van der Waals surface area contributed by atoms with Crippen molar-refractivity contribution in [2.45, 2.75) is 20.3 Å². The van der Waals surface area contributed by atoms with Crippen LogP contribution >= 0.6 is 0 Å². The predicted octanol–water partition coefficient (Wildman–Crippen LogP) is 1.60. The molecule has 0 saturated heterocycles. The molecule has 2 rings (SSSR count). The Morgan fingerprint density at radius 1 is 1.40 bits per heavy atom. The number of rotatable bonds is 1. The minimum atomic E-state index is -0.0174. The number of benzene rings is 1. The maximum atomic E-state index is 11.7. The maximum absolute atomic E-state index is 11.7. The fourth-order valence-electron chi connectivity index (χ4n) is 2.06. The minimum Gasteiger partial charge on any atom is -0.496 e. The highest BCUT2D eigenvalue weighted by Crippen LogP contribution is 2.30. The molecule has 0 fully saturated rings. The van der Waals surface area contributed by atoms with Crippen LogP contribution in [0, 0.1) is 13.8 Å². The summed E-state index contributed by atoms with van der Waals surface area (Å²) >= 11 is 0. The van der Waals surface area contributed by atoms with Gasteiger partial charge in [0.1, 0.15) is 5.75 Å². The molecule has 0 saturated carbocycles. The number of methoxy groups -OCH3 is 1. The van der Waals surface area contributed by atoms with Crippen LogP contribution in [0.1, 0.15) is 27.0 Å². The molecule has 1 aliphatic heterocycles. The lowest BCUT2D eigenvalue weighted by molar-refractivity contribution is 0.0942. The zero-order valence-corrected chi connectivity index (χ0v) is 9.31. The van der Waals surface area contributed by atoms with Gasteiger partial charge in [0.2, 0.25) is 0 Å². The van der Waals surface area contributed by atoms with Crippen molar-refractivity contribution in [3.63, 3.8) is 0 Å². The zero-order chi connectivity index (χ0) is 11.0. The van der Waals surface area contributed by atoms with E-state index >= 15 is 0 Å². The van der Waals surface area contributed by atoms with E-state index in [1.165, 1.54) is 11.1 Å². The number of hydrogen-bond acceptors (Lipinski definition) is 2. The van der Waals surface area contributed by atoms with Crippen molar-refractivity contribution in [3.05, 3.63) is 28.3 Å². The summed E-state index contributed by atoms with van der Waals surface area (Å²) in [5.41, 5.74) is 4.24. The van der Waals surface area contributed by atoms with Gasteiger partial charge < -0.3 is 10.1 Å². The normalized spacial score (nSPS) is 14.5. The number of amides is 1. The van der Waals surface area contributed by atoms with Crippen molar-refractivity contribution in [3.8, 4) is 5.75 Å². The molecule has 0 bridgehead atoms. The van der Waals surface area contributed by atoms with E-state index in [4.69, 9.17) is 4.74 Å². The van der Waals surface area contributed by atoms with Gasteiger partial charge in [0.05, 0.1) is 12.7 Å². The first-order chi connectivity index (χ1) is 7.15. The largest absolute Gasteiger partial charge is 0.496 e. The summed E-state index contributed by atoms with van der Waals surface area (Å²) in [7, 11) is 1.60. The second-order valence-electron chi connectivity index (χ2n) is 3.88. The fraction of sp³-hybridized carbons (Fsp3) is 0.417. The molecule has 1 heterocycles. The van der Waals surface area contributed by atoms with Gasteiger partial charge in [0.15, 0.2) is 0 Å². The molecule has 1 aromatic rings. The van der Waals surface area contributed by atoms with Gasteiger partial charge in [0.25, 0.3) is 5.91 Å². The lowest BCUT2D eigenvalue weighted by Gasteiger charge is -2.22. The van der Waals surface area contributed by atoms with Crippen molar-refractivity contribution in [1.29, 1.82) is 0 Å². The predicted molar refractivity (Wildman–Crippen MR) is 58.5 cm³/mol. The molecule has 0 aromatic heterocycles. The molecule has 1 aromatic carbocycles. The van der Waals surface area contributed by atoms with Crippen molar-refractivity contribution in [2.75, 3.05) is 13.7 Å². The number of aryl methyl sites for hydroxylation is 1. The Labute approximate surface area is 89.4 Å². The summed E-state index contributed by atoms with van der Waals surface area (Å²) in [6.45, 7) is 4.83. The van der Waals surface area contributed by atoms with Crippen molar-refractivity contribution < 1.29 is 9.53 Å².